The molecule has 1 atom stereocenters. The van der Waals surface area contributed by atoms with Crippen molar-refractivity contribution in [2.75, 3.05) is 5.32 Å². The van der Waals surface area contributed by atoms with Crippen LogP contribution in [0, 0.1) is 0 Å². The Hall–Kier alpha value is -2.67. The number of halogens is 1. The first-order valence-corrected chi connectivity index (χ1v) is 8.60. The number of para-hydroxylation sites is 1. The molecule has 1 amide bonds. The number of aromatic amines is 1. The van der Waals surface area contributed by atoms with Crippen molar-refractivity contribution < 1.29 is 4.79 Å². The van der Waals surface area contributed by atoms with E-state index in [2.05, 4.69) is 26.2 Å². The number of H-pyrrole nitrogens is 1. The number of nitrogens with zero attached hydrogens (tertiary/aromatic N) is 1. The Morgan fingerprint density at radius 3 is 2.68 bits per heavy atom. The molecule has 0 saturated heterocycles. The molecule has 0 fully saturated rings. The van der Waals surface area contributed by atoms with Gasteiger partial charge < -0.3 is 10.3 Å². The number of carbonyl (C=O) groups excluding carboxylic acids is 1. The van der Waals surface area contributed by atoms with Gasteiger partial charge in [0.05, 0.1) is 10.9 Å². The molecule has 1 heterocycles. The quantitative estimate of drug-likeness (QED) is 0.704. The molecule has 3 aromatic rings. The molecule has 1 aromatic heterocycles. The molecule has 25 heavy (non-hydrogen) atoms. The maximum atomic E-state index is 12.7. The van der Waals surface area contributed by atoms with Gasteiger partial charge in [0.1, 0.15) is 6.04 Å². The van der Waals surface area contributed by atoms with E-state index in [1.165, 1.54) is 0 Å². The fourth-order valence-electron chi connectivity index (χ4n) is 2.74. The molecule has 0 spiro atoms. The third-order valence-corrected chi connectivity index (χ3v) is 4.42. The van der Waals surface area contributed by atoms with E-state index in [1.54, 1.807) is 49.4 Å². The van der Waals surface area contributed by atoms with Crippen molar-refractivity contribution in [2.45, 2.75) is 19.4 Å². The van der Waals surface area contributed by atoms with Gasteiger partial charge in [-0.15, -0.1) is 0 Å². The second-order valence-electron chi connectivity index (χ2n) is 5.57. The lowest BCUT2D eigenvalue weighted by molar-refractivity contribution is -0.119. The van der Waals surface area contributed by atoms with Gasteiger partial charge in [-0.2, -0.15) is 0 Å². The Morgan fingerprint density at radius 1 is 1.20 bits per heavy atom. The lowest BCUT2D eigenvalue weighted by Crippen LogP contribution is -2.42. The van der Waals surface area contributed by atoms with E-state index in [-0.39, 0.29) is 0 Å². The van der Waals surface area contributed by atoms with Crippen molar-refractivity contribution in [2.24, 2.45) is 0 Å². The summed E-state index contributed by atoms with van der Waals surface area (Å²) in [5.74, 6) is -0.413. The number of nitrogens with one attached hydrogen (secondary N) is 2. The normalized spacial score (nSPS) is 12.1. The van der Waals surface area contributed by atoms with Gasteiger partial charge >= 0.3 is 5.69 Å². The van der Waals surface area contributed by atoms with E-state index in [9.17, 15) is 14.4 Å². The number of anilines is 1. The summed E-state index contributed by atoms with van der Waals surface area (Å²) in [4.78, 5) is 40.4. The smallest absolute Gasteiger partial charge is 0.324 e. The zero-order valence-electron chi connectivity index (χ0n) is 13.5. The number of carbonyl (C=O) groups is 1. The molecule has 0 aliphatic carbocycles. The van der Waals surface area contributed by atoms with Crippen LogP contribution >= 0.6 is 15.9 Å². The van der Waals surface area contributed by atoms with Crippen LogP contribution in [0.1, 0.15) is 19.4 Å². The predicted octanol–water partition coefficient (Wildman–Crippen LogP) is 3.04. The minimum absolute atomic E-state index is 0.307. The maximum Gasteiger partial charge on any atom is 0.329 e. The molecule has 0 bridgehead atoms. The molecule has 128 valence electrons. The Balaban J connectivity index is 2.03. The summed E-state index contributed by atoms with van der Waals surface area (Å²) >= 11 is 3.34. The van der Waals surface area contributed by atoms with Crippen LogP contribution in [0.5, 0.6) is 0 Å². The van der Waals surface area contributed by atoms with Crippen molar-refractivity contribution in [3.63, 3.8) is 0 Å². The van der Waals surface area contributed by atoms with Crippen molar-refractivity contribution in [3.05, 3.63) is 73.8 Å². The third-order valence-electron chi connectivity index (χ3n) is 3.93. The highest BCUT2D eigenvalue weighted by Gasteiger charge is 2.23. The summed E-state index contributed by atoms with van der Waals surface area (Å²) in [5, 5.41) is 3.12. The van der Waals surface area contributed by atoms with Gasteiger partial charge in [0.25, 0.3) is 5.56 Å². The zero-order chi connectivity index (χ0) is 18.0. The van der Waals surface area contributed by atoms with Crippen molar-refractivity contribution in [1.82, 2.24) is 9.55 Å². The number of amides is 1. The fraction of sp³-hybridized carbons (Fsp3) is 0.167. The van der Waals surface area contributed by atoms with Crippen LogP contribution in [-0.4, -0.2) is 15.5 Å². The van der Waals surface area contributed by atoms with Gasteiger partial charge in [-0.1, -0.05) is 41.1 Å². The zero-order valence-corrected chi connectivity index (χ0v) is 15.0. The van der Waals surface area contributed by atoms with E-state index < -0.39 is 23.2 Å². The van der Waals surface area contributed by atoms with E-state index in [0.29, 0.717) is 23.0 Å². The Kier molecular flexibility index (Phi) is 4.85. The predicted molar refractivity (Wildman–Crippen MR) is 101 cm³/mol. The SMILES string of the molecule is CCC(C(=O)Nc1cccc(Br)c1)n1c(=O)[nH]c2ccccc2c1=O. The van der Waals surface area contributed by atoms with Crippen LogP contribution < -0.4 is 16.6 Å². The monoisotopic (exact) mass is 401 g/mol. The summed E-state index contributed by atoms with van der Waals surface area (Å²) in [7, 11) is 0. The van der Waals surface area contributed by atoms with E-state index in [4.69, 9.17) is 0 Å². The standard InChI is InChI=1S/C18H16BrN3O3/c1-2-15(16(23)20-12-7-5-6-11(19)10-12)22-17(24)13-8-3-4-9-14(13)21-18(22)25/h3-10,15H,2H2,1H3,(H,20,23)(H,21,25). The molecule has 2 N–H and O–H groups in total. The maximum absolute atomic E-state index is 12.7. The molecule has 3 rings (SSSR count). The highest BCUT2D eigenvalue weighted by molar-refractivity contribution is 9.10. The number of benzene rings is 2. The minimum atomic E-state index is -0.903. The van der Waals surface area contributed by atoms with Crippen LogP contribution in [0.3, 0.4) is 0 Å². The lowest BCUT2D eigenvalue weighted by Gasteiger charge is -2.17. The highest BCUT2D eigenvalue weighted by atomic mass is 79.9. The van der Waals surface area contributed by atoms with Gasteiger partial charge in [0, 0.05) is 10.2 Å². The number of aromatic nitrogens is 2. The number of fused-ring (bicyclic) bond motifs is 1. The summed E-state index contributed by atoms with van der Waals surface area (Å²) < 4.78 is 1.80. The highest BCUT2D eigenvalue weighted by Crippen LogP contribution is 2.18. The fourth-order valence-corrected chi connectivity index (χ4v) is 3.14. The van der Waals surface area contributed by atoms with Crippen LogP contribution in [-0.2, 0) is 4.79 Å². The molecule has 7 heteroatoms. The number of rotatable bonds is 4. The summed E-state index contributed by atoms with van der Waals surface area (Å²) in [6, 6.07) is 12.9. The van der Waals surface area contributed by atoms with Gasteiger partial charge in [0.2, 0.25) is 5.91 Å². The van der Waals surface area contributed by atoms with Crippen molar-refractivity contribution >= 4 is 38.4 Å². The average Bonchev–Trinajstić information content (AvgIpc) is 2.58. The van der Waals surface area contributed by atoms with Crippen LogP contribution in [0.25, 0.3) is 10.9 Å². The average molecular weight is 402 g/mol. The molecule has 1 unspecified atom stereocenters. The second-order valence-corrected chi connectivity index (χ2v) is 6.49. The lowest BCUT2D eigenvalue weighted by atomic mass is 10.1. The minimum Gasteiger partial charge on any atom is -0.324 e. The molecule has 2 aromatic carbocycles. The first kappa shape index (κ1) is 17.2. The number of hydrogen-bond acceptors (Lipinski definition) is 3. The Labute approximate surface area is 151 Å². The molecule has 6 nitrogen and oxygen atoms in total. The third kappa shape index (κ3) is 3.41. The van der Waals surface area contributed by atoms with Crippen LogP contribution in [0.2, 0.25) is 0 Å². The second kappa shape index (κ2) is 7.06. The Morgan fingerprint density at radius 2 is 1.96 bits per heavy atom. The van der Waals surface area contributed by atoms with Gasteiger partial charge in [0.15, 0.2) is 0 Å². The molecule has 0 aliphatic rings. The molecule has 0 radical (unpaired) electrons. The first-order chi connectivity index (χ1) is 12.0. The topological polar surface area (TPSA) is 84.0 Å². The van der Waals surface area contributed by atoms with E-state index in [0.717, 1.165) is 9.04 Å². The summed E-state index contributed by atoms with van der Waals surface area (Å²) in [5.41, 5.74) is -0.0328. The summed E-state index contributed by atoms with van der Waals surface area (Å²) in [6.45, 7) is 1.76. The van der Waals surface area contributed by atoms with Crippen LogP contribution in [0.4, 0.5) is 5.69 Å². The molecular formula is C18H16BrN3O3. The number of hydrogen-bond donors (Lipinski definition) is 2. The molecule has 0 aliphatic heterocycles. The van der Waals surface area contributed by atoms with E-state index >= 15 is 0 Å². The molecular weight excluding hydrogens is 386 g/mol. The Bertz CT molecular complexity index is 1060. The summed E-state index contributed by atoms with van der Waals surface area (Å²) in [6.07, 6.45) is 0.307. The van der Waals surface area contributed by atoms with Gasteiger partial charge in [-0.3, -0.25) is 9.59 Å². The van der Waals surface area contributed by atoms with Crippen molar-refractivity contribution in [3.8, 4) is 0 Å². The van der Waals surface area contributed by atoms with Gasteiger partial charge in [-0.25, -0.2) is 9.36 Å². The van der Waals surface area contributed by atoms with Crippen molar-refractivity contribution in [1.29, 1.82) is 0 Å². The van der Waals surface area contributed by atoms with Crippen LogP contribution in [0.15, 0.2) is 62.6 Å². The first-order valence-electron chi connectivity index (χ1n) is 7.81. The largest absolute Gasteiger partial charge is 0.329 e. The van der Waals surface area contributed by atoms with Gasteiger partial charge in [-0.05, 0) is 36.8 Å². The van der Waals surface area contributed by atoms with E-state index in [1.807, 2.05) is 6.07 Å². The molecule has 0 saturated carbocycles.